The molecular weight excluding hydrogens is 256 g/mol. The fourth-order valence-electron chi connectivity index (χ4n) is 2.30. The maximum atomic E-state index is 11.6. The van der Waals surface area contributed by atoms with Gasteiger partial charge in [0.25, 0.3) is 0 Å². The average molecular weight is 266 g/mol. The molecular formula is C13H10N6O. The summed E-state index contributed by atoms with van der Waals surface area (Å²) in [6, 6.07) is 5.61. The second-order valence-corrected chi connectivity index (χ2v) is 4.59. The second kappa shape index (κ2) is 3.77. The zero-order valence-corrected chi connectivity index (χ0v) is 10.6. The molecule has 0 saturated carbocycles. The molecule has 0 radical (unpaired) electrons. The van der Waals surface area contributed by atoms with Crippen molar-refractivity contribution < 1.29 is 0 Å². The molecule has 0 saturated heterocycles. The van der Waals surface area contributed by atoms with Crippen molar-refractivity contribution in [1.82, 2.24) is 29.7 Å². The van der Waals surface area contributed by atoms with Crippen LogP contribution in [-0.2, 0) is 7.05 Å². The first-order valence-electron chi connectivity index (χ1n) is 6.08. The molecule has 4 aromatic rings. The molecule has 0 atom stereocenters. The normalized spacial score (nSPS) is 11.4. The molecule has 0 fully saturated rings. The number of aromatic nitrogens is 6. The first-order valence-corrected chi connectivity index (χ1v) is 6.08. The molecule has 0 aliphatic rings. The Kier molecular flexibility index (Phi) is 2.06. The Morgan fingerprint density at radius 3 is 2.85 bits per heavy atom. The predicted molar refractivity (Wildman–Crippen MR) is 74.2 cm³/mol. The highest BCUT2D eigenvalue weighted by Crippen LogP contribution is 2.22. The molecule has 3 heterocycles. The van der Waals surface area contributed by atoms with Gasteiger partial charge >= 0.3 is 5.69 Å². The van der Waals surface area contributed by atoms with Gasteiger partial charge in [-0.05, 0) is 18.2 Å². The summed E-state index contributed by atoms with van der Waals surface area (Å²) in [5, 5.41) is 7.59. The highest BCUT2D eigenvalue weighted by molar-refractivity contribution is 5.92. The SMILES string of the molecule is Cn1c(=O)[nH]c2cc3[nH]c(-c4ccnnc4)nc3cc21. The van der Waals surface area contributed by atoms with E-state index < -0.39 is 0 Å². The van der Waals surface area contributed by atoms with Crippen molar-refractivity contribution in [3.63, 3.8) is 0 Å². The van der Waals surface area contributed by atoms with Crippen molar-refractivity contribution in [2.24, 2.45) is 7.05 Å². The number of rotatable bonds is 1. The number of nitrogens with zero attached hydrogens (tertiary/aromatic N) is 4. The van der Waals surface area contributed by atoms with Crippen LogP contribution < -0.4 is 5.69 Å². The van der Waals surface area contributed by atoms with Gasteiger partial charge in [-0.1, -0.05) is 0 Å². The molecule has 2 N–H and O–H groups in total. The lowest BCUT2D eigenvalue weighted by molar-refractivity contribution is 0.892. The molecule has 7 heteroatoms. The van der Waals surface area contributed by atoms with Crippen LogP contribution in [0.15, 0.2) is 35.4 Å². The maximum absolute atomic E-state index is 11.6. The first kappa shape index (κ1) is 10.9. The number of nitrogens with one attached hydrogen (secondary N) is 2. The van der Waals surface area contributed by atoms with Gasteiger partial charge in [-0.25, -0.2) is 9.78 Å². The molecule has 0 unspecified atom stereocenters. The second-order valence-electron chi connectivity index (χ2n) is 4.59. The molecule has 20 heavy (non-hydrogen) atoms. The van der Waals surface area contributed by atoms with E-state index in [0.717, 1.165) is 33.5 Å². The molecule has 0 amide bonds. The van der Waals surface area contributed by atoms with E-state index >= 15 is 0 Å². The van der Waals surface area contributed by atoms with Crippen LogP contribution in [0.1, 0.15) is 0 Å². The summed E-state index contributed by atoms with van der Waals surface area (Å²) in [7, 11) is 1.73. The molecule has 4 rings (SSSR count). The van der Waals surface area contributed by atoms with E-state index in [1.807, 2.05) is 18.2 Å². The predicted octanol–water partition coefficient (Wildman–Crippen LogP) is 1.20. The topological polar surface area (TPSA) is 92.2 Å². The summed E-state index contributed by atoms with van der Waals surface area (Å²) in [5.74, 6) is 0.729. The van der Waals surface area contributed by atoms with Crippen LogP contribution >= 0.6 is 0 Å². The summed E-state index contributed by atoms with van der Waals surface area (Å²) in [5.41, 5.74) is 4.02. The summed E-state index contributed by atoms with van der Waals surface area (Å²) >= 11 is 0. The number of imidazole rings is 2. The van der Waals surface area contributed by atoms with Gasteiger partial charge in [-0.3, -0.25) is 4.57 Å². The molecule has 0 bridgehead atoms. The number of H-pyrrole nitrogens is 2. The van der Waals surface area contributed by atoms with Crippen LogP contribution in [0.2, 0.25) is 0 Å². The Labute approximate surface area is 112 Å². The van der Waals surface area contributed by atoms with Crippen molar-refractivity contribution in [2.45, 2.75) is 0 Å². The molecule has 7 nitrogen and oxygen atoms in total. The lowest BCUT2D eigenvalue weighted by atomic mass is 10.3. The summed E-state index contributed by atoms with van der Waals surface area (Å²) < 4.78 is 1.57. The van der Waals surface area contributed by atoms with E-state index in [2.05, 4.69) is 25.1 Å². The van der Waals surface area contributed by atoms with Gasteiger partial charge in [0.1, 0.15) is 5.82 Å². The van der Waals surface area contributed by atoms with Crippen LogP contribution in [0.5, 0.6) is 0 Å². The summed E-state index contributed by atoms with van der Waals surface area (Å²) in [4.78, 5) is 22.1. The van der Waals surface area contributed by atoms with Gasteiger partial charge in [0.05, 0.1) is 34.5 Å². The third-order valence-electron chi connectivity index (χ3n) is 3.36. The fraction of sp³-hybridized carbons (Fsp3) is 0.0769. The quantitative estimate of drug-likeness (QED) is 0.541. The number of aromatic amines is 2. The smallest absolute Gasteiger partial charge is 0.326 e. The first-order chi connectivity index (χ1) is 9.72. The van der Waals surface area contributed by atoms with Crippen molar-refractivity contribution in [3.8, 4) is 11.4 Å². The highest BCUT2D eigenvalue weighted by Gasteiger charge is 2.09. The van der Waals surface area contributed by atoms with E-state index in [9.17, 15) is 4.79 Å². The Morgan fingerprint density at radius 2 is 2.05 bits per heavy atom. The van der Waals surface area contributed by atoms with Gasteiger partial charge in [-0.15, -0.1) is 0 Å². The lowest BCUT2D eigenvalue weighted by Gasteiger charge is -1.92. The third-order valence-corrected chi connectivity index (χ3v) is 3.36. The van der Waals surface area contributed by atoms with Crippen molar-refractivity contribution >= 4 is 22.1 Å². The molecule has 0 spiro atoms. The molecule has 0 aliphatic carbocycles. The van der Waals surface area contributed by atoms with E-state index in [1.54, 1.807) is 24.0 Å². The van der Waals surface area contributed by atoms with Crippen LogP contribution in [0.3, 0.4) is 0 Å². The molecule has 3 aromatic heterocycles. The highest BCUT2D eigenvalue weighted by atomic mass is 16.1. The summed E-state index contributed by atoms with van der Waals surface area (Å²) in [6.07, 6.45) is 3.27. The molecule has 1 aromatic carbocycles. The average Bonchev–Trinajstić information content (AvgIpc) is 3.00. The van der Waals surface area contributed by atoms with Crippen LogP contribution in [0, 0.1) is 0 Å². The van der Waals surface area contributed by atoms with Crippen LogP contribution in [-0.4, -0.2) is 29.7 Å². The number of hydrogen-bond acceptors (Lipinski definition) is 4. The molecule has 98 valence electrons. The van der Waals surface area contributed by atoms with E-state index in [0.29, 0.717) is 0 Å². The van der Waals surface area contributed by atoms with Crippen molar-refractivity contribution in [2.75, 3.05) is 0 Å². The number of fused-ring (bicyclic) bond motifs is 2. The van der Waals surface area contributed by atoms with E-state index in [4.69, 9.17) is 0 Å². The van der Waals surface area contributed by atoms with Crippen molar-refractivity contribution in [3.05, 3.63) is 41.1 Å². The number of hydrogen-bond donors (Lipinski definition) is 2. The lowest BCUT2D eigenvalue weighted by Crippen LogP contribution is -2.11. The minimum atomic E-state index is -0.133. The Bertz CT molecular complexity index is 979. The Balaban J connectivity index is 2.00. The summed E-state index contributed by atoms with van der Waals surface area (Å²) in [6.45, 7) is 0. The fourth-order valence-corrected chi connectivity index (χ4v) is 2.30. The maximum Gasteiger partial charge on any atom is 0.326 e. The zero-order chi connectivity index (χ0) is 13.7. The van der Waals surface area contributed by atoms with Gasteiger partial charge < -0.3 is 9.97 Å². The molecule has 0 aliphatic heterocycles. The van der Waals surface area contributed by atoms with Crippen molar-refractivity contribution in [1.29, 1.82) is 0 Å². The number of benzene rings is 1. The monoisotopic (exact) mass is 266 g/mol. The minimum Gasteiger partial charge on any atom is -0.338 e. The van der Waals surface area contributed by atoms with Crippen LogP contribution in [0.25, 0.3) is 33.5 Å². The van der Waals surface area contributed by atoms with Crippen LogP contribution in [0.4, 0.5) is 0 Å². The Morgan fingerprint density at radius 1 is 1.15 bits per heavy atom. The van der Waals surface area contributed by atoms with Gasteiger partial charge in [0.15, 0.2) is 0 Å². The Hall–Kier alpha value is -2.96. The minimum absolute atomic E-state index is 0.133. The van der Waals surface area contributed by atoms with E-state index in [1.165, 1.54) is 0 Å². The largest absolute Gasteiger partial charge is 0.338 e. The number of aryl methyl sites for hydroxylation is 1. The van der Waals surface area contributed by atoms with Gasteiger partial charge in [0, 0.05) is 12.6 Å². The van der Waals surface area contributed by atoms with E-state index in [-0.39, 0.29) is 5.69 Å². The standard InChI is InChI=1S/C13H10N6O/c1-19-11-5-9-8(4-10(11)18-13(19)20)16-12(17-9)7-2-3-14-15-6-7/h2-6H,1H3,(H,16,17)(H,18,20). The van der Waals surface area contributed by atoms with Gasteiger partial charge in [-0.2, -0.15) is 10.2 Å². The third kappa shape index (κ3) is 1.46. The zero-order valence-electron chi connectivity index (χ0n) is 10.6. The van der Waals surface area contributed by atoms with Gasteiger partial charge in [0.2, 0.25) is 0 Å².